The number of nitro groups is 1. The number of carbonyl (C=O) groups is 1. The summed E-state index contributed by atoms with van der Waals surface area (Å²) in [6.07, 6.45) is -5.06. The van der Waals surface area contributed by atoms with E-state index < -0.39 is 34.1 Å². The van der Waals surface area contributed by atoms with Crippen molar-refractivity contribution in [3.8, 4) is 5.75 Å². The number of hydrogen-bond donors (Lipinski definition) is 0. The molecule has 5 nitrogen and oxygen atoms in total. The highest BCUT2D eigenvalue weighted by molar-refractivity contribution is 5.99. The molecule has 0 aliphatic rings. The summed E-state index contributed by atoms with van der Waals surface area (Å²) in [5.41, 5.74) is -1.42. The molecule has 0 bridgehead atoms. The van der Waals surface area contributed by atoms with Gasteiger partial charge in [-0.05, 0) is 19.1 Å². The van der Waals surface area contributed by atoms with Crippen LogP contribution in [-0.4, -0.2) is 17.1 Å². The Bertz CT molecular complexity index is 470. The molecule has 0 radical (unpaired) electrons. The van der Waals surface area contributed by atoms with Gasteiger partial charge in [0.25, 0.3) is 0 Å². The fourth-order valence-corrected chi connectivity index (χ4v) is 1.20. The smallest absolute Gasteiger partial charge is 0.398 e. The predicted octanol–water partition coefficient (Wildman–Crippen LogP) is 2.70. The Morgan fingerprint density at radius 3 is 2.41 bits per heavy atom. The van der Waals surface area contributed by atoms with E-state index in [0.29, 0.717) is 0 Å². The van der Waals surface area contributed by atoms with Gasteiger partial charge in [0.05, 0.1) is 10.5 Å². The summed E-state index contributed by atoms with van der Waals surface area (Å²) in [5, 5.41) is 10.6. The van der Waals surface area contributed by atoms with E-state index in [1.165, 1.54) is 0 Å². The van der Waals surface area contributed by atoms with Crippen LogP contribution >= 0.6 is 0 Å². The van der Waals surface area contributed by atoms with Gasteiger partial charge in [-0.15, -0.1) is 13.2 Å². The highest BCUT2D eigenvalue weighted by Gasteiger charge is 2.35. The fourth-order valence-electron chi connectivity index (χ4n) is 1.20. The fraction of sp³-hybridized carbons (Fsp3) is 0.222. The first-order chi connectivity index (χ1) is 7.72. The van der Waals surface area contributed by atoms with E-state index in [1.807, 2.05) is 0 Å². The maximum Gasteiger partial charge on any atom is 0.573 e. The molecular weight excluding hydrogens is 243 g/mol. The number of alkyl halides is 3. The third kappa shape index (κ3) is 3.16. The van der Waals surface area contributed by atoms with Crippen LogP contribution in [0.5, 0.6) is 5.75 Å². The van der Waals surface area contributed by atoms with Crippen LogP contribution in [-0.2, 0) is 0 Å². The van der Waals surface area contributed by atoms with Crippen LogP contribution in [0, 0.1) is 10.1 Å². The molecule has 1 aromatic rings. The van der Waals surface area contributed by atoms with Crippen molar-refractivity contribution in [2.24, 2.45) is 0 Å². The summed E-state index contributed by atoms with van der Waals surface area (Å²) in [4.78, 5) is 20.6. The Balaban J connectivity index is 3.35. The Kier molecular flexibility index (Phi) is 3.35. The van der Waals surface area contributed by atoms with Crippen molar-refractivity contribution in [1.82, 2.24) is 0 Å². The lowest BCUT2D eigenvalue weighted by atomic mass is 10.1. The number of carbonyl (C=O) groups excluding carboxylic acids is 1. The second-order valence-corrected chi connectivity index (χ2v) is 3.01. The number of para-hydroxylation sites is 1. The van der Waals surface area contributed by atoms with Crippen molar-refractivity contribution in [2.75, 3.05) is 0 Å². The summed E-state index contributed by atoms with van der Waals surface area (Å²) < 4.78 is 39.5. The molecule has 1 aromatic carbocycles. The zero-order chi connectivity index (χ0) is 13.2. The van der Waals surface area contributed by atoms with Gasteiger partial charge in [-0.2, -0.15) is 0 Å². The minimum absolute atomic E-state index is 0.434. The van der Waals surface area contributed by atoms with Crippen molar-refractivity contribution in [1.29, 1.82) is 0 Å². The molecule has 8 heteroatoms. The first kappa shape index (κ1) is 12.9. The van der Waals surface area contributed by atoms with Crippen LogP contribution in [0.15, 0.2) is 18.2 Å². The molecule has 0 fully saturated rings. The number of benzene rings is 1. The van der Waals surface area contributed by atoms with Gasteiger partial charge in [-0.25, -0.2) is 0 Å². The quantitative estimate of drug-likeness (QED) is 0.469. The third-order valence-corrected chi connectivity index (χ3v) is 1.79. The molecule has 0 aliphatic heterocycles. The van der Waals surface area contributed by atoms with Crippen LogP contribution in [0.1, 0.15) is 17.3 Å². The van der Waals surface area contributed by atoms with E-state index in [2.05, 4.69) is 4.74 Å². The average Bonchev–Trinajstić information content (AvgIpc) is 2.14. The zero-order valence-electron chi connectivity index (χ0n) is 8.45. The Morgan fingerprint density at radius 2 is 2.00 bits per heavy atom. The van der Waals surface area contributed by atoms with E-state index in [9.17, 15) is 28.1 Å². The lowest BCUT2D eigenvalue weighted by Gasteiger charge is -2.10. The maximum atomic E-state index is 12.0. The van der Waals surface area contributed by atoms with Gasteiger partial charge in [0.15, 0.2) is 5.78 Å². The van der Waals surface area contributed by atoms with E-state index in [0.717, 1.165) is 25.1 Å². The molecule has 0 N–H and O–H groups in total. The topological polar surface area (TPSA) is 69.4 Å². The predicted molar refractivity (Wildman–Crippen MR) is 49.8 cm³/mol. The molecule has 92 valence electrons. The van der Waals surface area contributed by atoms with Crippen molar-refractivity contribution < 1.29 is 27.6 Å². The van der Waals surface area contributed by atoms with E-state index in [4.69, 9.17) is 0 Å². The number of halogens is 3. The first-order valence-corrected chi connectivity index (χ1v) is 4.26. The molecule has 17 heavy (non-hydrogen) atoms. The van der Waals surface area contributed by atoms with Gasteiger partial charge in [0.2, 0.25) is 5.75 Å². The number of nitrogens with zero attached hydrogens (tertiary/aromatic N) is 1. The van der Waals surface area contributed by atoms with Crippen LogP contribution < -0.4 is 4.74 Å². The number of Topliss-reactive ketones (excluding diaryl/α,β-unsaturated/α-hetero) is 1. The highest BCUT2D eigenvalue weighted by atomic mass is 19.4. The van der Waals surface area contributed by atoms with Crippen LogP contribution in [0.4, 0.5) is 18.9 Å². The number of rotatable bonds is 3. The maximum absolute atomic E-state index is 12.0. The molecule has 0 aromatic heterocycles. The minimum Gasteiger partial charge on any atom is -0.398 e. The molecule has 1 rings (SSSR count). The molecule has 0 aliphatic carbocycles. The molecule has 0 atom stereocenters. The van der Waals surface area contributed by atoms with Crippen molar-refractivity contribution in [3.05, 3.63) is 33.9 Å². The SMILES string of the molecule is CC(=O)c1cccc(OC(F)(F)F)c1[N+](=O)[O-]. The summed E-state index contributed by atoms with van der Waals surface area (Å²) in [5.74, 6) is -1.72. The molecule has 0 heterocycles. The van der Waals surface area contributed by atoms with E-state index >= 15 is 0 Å². The van der Waals surface area contributed by atoms with Crippen molar-refractivity contribution >= 4 is 11.5 Å². The second-order valence-electron chi connectivity index (χ2n) is 3.01. The van der Waals surface area contributed by atoms with Crippen LogP contribution in [0.3, 0.4) is 0 Å². The summed E-state index contributed by atoms with van der Waals surface area (Å²) in [7, 11) is 0. The summed E-state index contributed by atoms with van der Waals surface area (Å²) >= 11 is 0. The Morgan fingerprint density at radius 1 is 1.41 bits per heavy atom. The summed E-state index contributed by atoms with van der Waals surface area (Å²) in [6.45, 7) is 1.01. The number of hydrogen-bond acceptors (Lipinski definition) is 4. The minimum atomic E-state index is -5.06. The Hall–Kier alpha value is -2.12. The number of ketones is 1. The monoisotopic (exact) mass is 249 g/mol. The normalized spacial score (nSPS) is 11.1. The number of ether oxygens (including phenoxy) is 1. The van der Waals surface area contributed by atoms with Crippen LogP contribution in [0.2, 0.25) is 0 Å². The lowest BCUT2D eigenvalue weighted by Crippen LogP contribution is -2.18. The van der Waals surface area contributed by atoms with Crippen molar-refractivity contribution in [3.63, 3.8) is 0 Å². The third-order valence-electron chi connectivity index (χ3n) is 1.79. The Labute approximate surface area is 93.0 Å². The van der Waals surface area contributed by atoms with E-state index in [1.54, 1.807) is 0 Å². The number of nitro benzene ring substituents is 1. The van der Waals surface area contributed by atoms with Gasteiger partial charge >= 0.3 is 12.0 Å². The lowest BCUT2D eigenvalue weighted by molar-refractivity contribution is -0.388. The molecule has 0 spiro atoms. The molecule has 0 saturated carbocycles. The van der Waals surface area contributed by atoms with E-state index in [-0.39, 0.29) is 0 Å². The first-order valence-electron chi connectivity index (χ1n) is 4.26. The van der Waals surface area contributed by atoms with Crippen LogP contribution in [0.25, 0.3) is 0 Å². The van der Waals surface area contributed by atoms with Gasteiger partial charge < -0.3 is 4.74 Å². The standard InChI is InChI=1S/C9H6F3NO4/c1-5(14)6-3-2-4-7(8(6)13(15)16)17-9(10,11)12/h2-4H,1H3. The molecular formula is C9H6F3NO4. The zero-order valence-corrected chi connectivity index (χ0v) is 8.45. The van der Waals surface area contributed by atoms with Gasteiger partial charge in [-0.3, -0.25) is 14.9 Å². The largest absolute Gasteiger partial charge is 0.573 e. The molecule has 0 unspecified atom stereocenters. The van der Waals surface area contributed by atoms with Gasteiger partial charge in [0, 0.05) is 0 Å². The van der Waals surface area contributed by atoms with Gasteiger partial charge in [-0.1, -0.05) is 6.07 Å². The molecule has 0 saturated heterocycles. The summed E-state index contributed by atoms with van der Waals surface area (Å²) in [6, 6.07) is 2.91. The van der Waals surface area contributed by atoms with Crippen molar-refractivity contribution in [2.45, 2.75) is 13.3 Å². The average molecular weight is 249 g/mol. The van der Waals surface area contributed by atoms with Gasteiger partial charge in [0.1, 0.15) is 0 Å². The molecule has 0 amide bonds. The second kappa shape index (κ2) is 4.40. The highest BCUT2D eigenvalue weighted by Crippen LogP contribution is 2.34.